The van der Waals surface area contributed by atoms with Crippen molar-refractivity contribution in [3.05, 3.63) is 0 Å². The molecule has 0 aromatic carbocycles. The lowest BCUT2D eigenvalue weighted by molar-refractivity contribution is -0.00859. The maximum absolute atomic E-state index is 11.4. The van der Waals surface area contributed by atoms with E-state index in [4.69, 9.17) is 18.9 Å². The van der Waals surface area contributed by atoms with Crippen LogP contribution in [0, 0.1) is 0 Å². The summed E-state index contributed by atoms with van der Waals surface area (Å²) in [5.74, 6) is 0.340. The summed E-state index contributed by atoms with van der Waals surface area (Å²) in [6.07, 6.45) is -0.202. The molecule has 19 heavy (non-hydrogen) atoms. The summed E-state index contributed by atoms with van der Waals surface area (Å²) < 4.78 is 43.7. The van der Waals surface area contributed by atoms with Gasteiger partial charge < -0.3 is 18.9 Å². The van der Waals surface area contributed by atoms with Crippen molar-refractivity contribution in [2.45, 2.75) is 10.0 Å². The third kappa shape index (κ3) is 7.76. The second kappa shape index (κ2) is 9.46. The third-order valence-electron chi connectivity index (χ3n) is 2.60. The maximum Gasteiger partial charge on any atom is 0.154 e. The SMILES string of the molecule is COCCOCCOCCOC1CS(=O)(=O)CC1I. The maximum atomic E-state index is 11.4. The van der Waals surface area contributed by atoms with E-state index in [-0.39, 0.29) is 21.5 Å². The second-order valence-corrected chi connectivity index (χ2v) is 7.97. The number of hydrogen-bond donors (Lipinski definition) is 0. The molecular formula is C11H21IO6S. The first-order valence-electron chi connectivity index (χ1n) is 6.15. The molecular weight excluding hydrogens is 387 g/mol. The van der Waals surface area contributed by atoms with E-state index >= 15 is 0 Å². The second-order valence-electron chi connectivity index (χ2n) is 4.22. The van der Waals surface area contributed by atoms with Crippen molar-refractivity contribution < 1.29 is 27.4 Å². The van der Waals surface area contributed by atoms with E-state index in [1.165, 1.54) is 0 Å². The van der Waals surface area contributed by atoms with Crippen LogP contribution in [-0.2, 0) is 28.8 Å². The van der Waals surface area contributed by atoms with E-state index in [1.807, 2.05) is 0 Å². The zero-order valence-corrected chi connectivity index (χ0v) is 14.0. The predicted octanol–water partition coefficient (Wildman–Crippen LogP) is 0.283. The summed E-state index contributed by atoms with van der Waals surface area (Å²) in [5.41, 5.74) is 0. The van der Waals surface area contributed by atoms with Crippen LogP contribution in [0.3, 0.4) is 0 Å². The van der Waals surface area contributed by atoms with Crippen LogP contribution in [0.4, 0.5) is 0 Å². The molecule has 1 fully saturated rings. The minimum absolute atomic E-state index is 0.0416. The molecule has 2 atom stereocenters. The largest absolute Gasteiger partial charge is 0.382 e. The number of hydrogen-bond acceptors (Lipinski definition) is 6. The highest BCUT2D eigenvalue weighted by Crippen LogP contribution is 2.22. The van der Waals surface area contributed by atoms with Crippen LogP contribution in [0.15, 0.2) is 0 Å². The van der Waals surface area contributed by atoms with Gasteiger partial charge in [0.1, 0.15) is 0 Å². The molecule has 1 rings (SSSR count). The lowest BCUT2D eigenvalue weighted by Crippen LogP contribution is -2.24. The molecule has 2 unspecified atom stereocenters. The number of alkyl halides is 1. The Hall–Kier alpha value is 0.520. The van der Waals surface area contributed by atoms with Gasteiger partial charge in [-0.25, -0.2) is 8.42 Å². The number of halogens is 1. The Morgan fingerprint density at radius 1 is 1.00 bits per heavy atom. The lowest BCUT2D eigenvalue weighted by Gasteiger charge is -2.13. The van der Waals surface area contributed by atoms with E-state index < -0.39 is 9.84 Å². The van der Waals surface area contributed by atoms with Crippen molar-refractivity contribution in [2.24, 2.45) is 0 Å². The van der Waals surface area contributed by atoms with Crippen LogP contribution in [0.1, 0.15) is 0 Å². The van der Waals surface area contributed by atoms with Gasteiger partial charge in [-0.05, 0) is 0 Å². The number of ether oxygens (including phenoxy) is 4. The monoisotopic (exact) mass is 408 g/mol. The molecule has 0 N–H and O–H groups in total. The van der Waals surface area contributed by atoms with Gasteiger partial charge in [0.15, 0.2) is 9.84 Å². The molecule has 1 aliphatic heterocycles. The van der Waals surface area contributed by atoms with Crippen LogP contribution < -0.4 is 0 Å². The van der Waals surface area contributed by atoms with Gasteiger partial charge in [0.25, 0.3) is 0 Å². The zero-order chi connectivity index (χ0) is 14.1. The fraction of sp³-hybridized carbons (Fsp3) is 1.00. The summed E-state index contributed by atoms with van der Waals surface area (Å²) in [7, 11) is -1.28. The standard InChI is InChI=1S/C11H21IO6S/c1-15-2-3-16-4-5-17-6-7-18-11-9-19(13,14)8-10(11)12/h10-11H,2-9H2,1H3. The first kappa shape index (κ1) is 17.6. The van der Waals surface area contributed by atoms with Gasteiger partial charge in [0, 0.05) is 7.11 Å². The highest BCUT2D eigenvalue weighted by molar-refractivity contribution is 14.1. The Kier molecular flexibility index (Phi) is 8.74. The average Bonchev–Trinajstić information content (AvgIpc) is 2.60. The summed E-state index contributed by atoms with van der Waals surface area (Å²) in [5, 5.41) is 0. The Labute approximate surface area is 128 Å². The fourth-order valence-electron chi connectivity index (χ4n) is 1.65. The molecule has 1 heterocycles. The smallest absolute Gasteiger partial charge is 0.154 e. The Balaban J connectivity index is 1.94. The highest BCUT2D eigenvalue weighted by atomic mass is 127. The molecule has 1 aliphatic rings. The summed E-state index contributed by atoms with van der Waals surface area (Å²) in [4.78, 5) is 0. The van der Waals surface area contributed by atoms with Gasteiger partial charge in [-0.3, -0.25) is 0 Å². The number of sulfone groups is 1. The molecule has 0 amide bonds. The fourth-order valence-corrected chi connectivity index (χ4v) is 5.76. The van der Waals surface area contributed by atoms with Crippen LogP contribution in [0.2, 0.25) is 0 Å². The van der Waals surface area contributed by atoms with Gasteiger partial charge in [0.2, 0.25) is 0 Å². The van der Waals surface area contributed by atoms with Crippen molar-refractivity contribution in [3.8, 4) is 0 Å². The van der Waals surface area contributed by atoms with Crippen LogP contribution in [0.5, 0.6) is 0 Å². The molecule has 114 valence electrons. The van der Waals surface area contributed by atoms with Gasteiger partial charge in [0.05, 0.1) is 61.2 Å². The molecule has 0 bridgehead atoms. The van der Waals surface area contributed by atoms with Gasteiger partial charge >= 0.3 is 0 Å². The molecule has 6 nitrogen and oxygen atoms in total. The van der Waals surface area contributed by atoms with E-state index in [0.29, 0.717) is 39.6 Å². The number of rotatable bonds is 10. The molecule has 0 radical (unpaired) electrons. The Bertz CT molecular complexity index is 334. The topological polar surface area (TPSA) is 71.1 Å². The van der Waals surface area contributed by atoms with Crippen molar-refractivity contribution in [1.82, 2.24) is 0 Å². The molecule has 0 aromatic heterocycles. The molecule has 0 spiro atoms. The Morgan fingerprint density at radius 3 is 2.11 bits per heavy atom. The van der Waals surface area contributed by atoms with Crippen molar-refractivity contribution in [3.63, 3.8) is 0 Å². The van der Waals surface area contributed by atoms with E-state index in [9.17, 15) is 8.42 Å². The van der Waals surface area contributed by atoms with Gasteiger partial charge in [-0.2, -0.15) is 0 Å². The van der Waals surface area contributed by atoms with E-state index in [2.05, 4.69) is 22.6 Å². The first-order valence-corrected chi connectivity index (χ1v) is 9.22. The summed E-state index contributed by atoms with van der Waals surface area (Å²) in [6.45, 7) is 3.04. The molecule has 0 aliphatic carbocycles. The van der Waals surface area contributed by atoms with Crippen molar-refractivity contribution in [2.75, 3.05) is 58.3 Å². The van der Waals surface area contributed by atoms with E-state index in [1.54, 1.807) is 7.11 Å². The van der Waals surface area contributed by atoms with Crippen LogP contribution in [-0.4, -0.2) is 76.7 Å². The van der Waals surface area contributed by atoms with Crippen molar-refractivity contribution in [1.29, 1.82) is 0 Å². The minimum Gasteiger partial charge on any atom is -0.382 e. The normalized spacial score (nSPS) is 25.8. The highest BCUT2D eigenvalue weighted by Gasteiger charge is 2.36. The van der Waals surface area contributed by atoms with E-state index in [0.717, 1.165) is 0 Å². The van der Waals surface area contributed by atoms with Crippen molar-refractivity contribution >= 4 is 32.4 Å². The molecule has 8 heteroatoms. The first-order chi connectivity index (χ1) is 9.05. The average molecular weight is 408 g/mol. The third-order valence-corrected chi connectivity index (χ3v) is 6.14. The van der Waals surface area contributed by atoms with Gasteiger partial charge in [-0.15, -0.1) is 0 Å². The zero-order valence-electron chi connectivity index (χ0n) is 11.0. The quantitative estimate of drug-likeness (QED) is 0.294. The van der Waals surface area contributed by atoms with Crippen LogP contribution >= 0.6 is 22.6 Å². The molecule has 1 saturated heterocycles. The van der Waals surface area contributed by atoms with Gasteiger partial charge in [-0.1, -0.05) is 22.6 Å². The predicted molar refractivity (Wildman–Crippen MR) is 79.7 cm³/mol. The minimum atomic E-state index is -2.91. The Morgan fingerprint density at radius 2 is 1.58 bits per heavy atom. The molecule has 0 aromatic rings. The summed E-state index contributed by atoms with van der Waals surface area (Å²) >= 11 is 2.13. The molecule has 0 saturated carbocycles. The summed E-state index contributed by atoms with van der Waals surface area (Å²) in [6, 6.07) is 0. The lowest BCUT2D eigenvalue weighted by atomic mass is 10.3. The number of methoxy groups -OCH3 is 1. The van der Waals surface area contributed by atoms with Crippen LogP contribution in [0.25, 0.3) is 0 Å².